The van der Waals surface area contributed by atoms with Crippen molar-refractivity contribution in [3.05, 3.63) is 29.6 Å². The first-order valence-electron chi connectivity index (χ1n) is 8.82. The molecule has 138 valence electrons. The molecule has 3 aliphatic rings. The monoisotopic (exact) mass is 421 g/mol. The Morgan fingerprint density at radius 1 is 1.46 bits per heavy atom. The molecule has 4 N–H and O–H groups in total. The molecule has 8 heteroatoms. The van der Waals surface area contributed by atoms with Gasteiger partial charge in [-0.05, 0) is 31.0 Å². The van der Waals surface area contributed by atoms with E-state index in [4.69, 9.17) is 26.8 Å². The fourth-order valence-electron chi connectivity index (χ4n) is 4.47. The number of hydrogen-bond donors (Lipinski definition) is 3. The number of rotatable bonds is 5. The van der Waals surface area contributed by atoms with Crippen molar-refractivity contribution in [2.45, 2.75) is 50.2 Å². The summed E-state index contributed by atoms with van der Waals surface area (Å²) in [7, 11) is 0. The summed E-state index contributed by atoms with van der Waals surface area (Å²) in [6.07, 6.45) is 4.12. The first kappa shape index (κ1) is 21.7. The minimum atomic E-state index is -0.204. The number of benzene rings is 1. The van der Waals surface area contributed by atoms with Crippen molar-refractivity contribution >= 4 is 34.9 Å². The molecular formula is C18H25ClKN3O2S. The van der Waals surface area contributed by atoms with Crippen molar-refractivity contribution in [3.8, 4) is 0 Å². The quantitative estimate of drug-likeness (QED) is 0.278. The number of hydrogen-bond acceptors (Lipinski definition) is 6. The SMILES string of the molecule is CCSNC1CC2(C)[CH-][C@H]3[C@@H](Nc4ccc(N)c(Cl)c4)OCCC13O2.[K+]. The number of nitrogens with two attached hydrogens (primary N) is 1. The summed E-state index contributed by atoms with van der Waals surface area (Å²) in [5.41, 5.74) is 6.91. The molecule has 1 aromatic carbocycles. The van der Waals surface area contributed by atoms with E-state index in [1.54, 1.807) is 11.9 Å². The molecule has 3 unspecified atom stereocenters. The van der Waals surface area contributed by atoms with Crippen LogP contribution in [-0.4, -0.2) is 35.8 Å². The summed E-state index contributed by atoms with van der Waals surface area (Å²) in [5, 5.41) is 4.04. The second kappa shape index (κ2) is 8.38. The average molecular weight is 422 g/mol. The van der Waals surface area contributed by atoms with Gasteiger partial charge in [0, 0.05) is 17.5 Å². The molecule has 1 spiro atoms. The Bertz CT molecular complexity index is 669. The standard InChI is InChI=1S/C18H25ClN3O2S.K/c1-3-25-22-15-10-17(2)9-12-16(23-7-6-18(12,15)24-17)21-11-4-5-14(20)13(19)8-11;/h4-5,8-9,12,15-16,21-22H,3,6-7,10,20H2,1-2H3;/q-1;+1/t12-,15?,16-,17?,18?;/m0./s1. The van der Waals surface area contributed by atoms with Crippen LogP contribution in [0.2, 0.25) is 5.02 Å². The van der Waals surface area contributed by atoms with Crippen LogP contribution in [0.3, 0.4) is 0 Å². The summed E-state index contributed by atoms with van der Waals surface area (Å²) in [6.45, 7) is 5.02. The fourth-order valence-corrected chi connectivity index (χ4v) is 5.30. The Balaban J connectivity index is 0.00000196. The number of fused-ring (bicyclic) bond motifs is 1. The molecule has 5 atom stereocenters. The van der Waals surface area contributed by atoms with Gasteiger partial charge in [-0.15, -0.1) is 0 Å². The average Bonchev–Trinajstić information content (AvgIpc) is 3.03. The van der Waals surface area contributed by atoms with Crippen molar-refractivity contribution in [2.24, 2.45) is 5.92 Å². The number of nitrogen functional groups attached to an aromatic ring is 1. The molecule has 0 radical (unpaired) electrons. The van der Waals surface area contributed by atoms with Crippen LogP contribution in [-0.2, 0) is 9.47 Å². The van der Waals surface area contributed by atoms with Crippen LogP contribution in [0.1, 0.15) is 26.7 Å². The van der Waals surface area contributed by atoms with E-state index in [1.807, 2.05) is 18.2 Å². The first-order chi connectivity index (χ1) is 12.0. The largest absolute Gasteiger partial charge is 1.00 e. The molecular weight excluding hydrogens is 397 g/mol. The van der Waals surface area contributed by atoms with E-state index in [1.165, 1.54) is 0 Å². The third-order valence-corrected chi connectivity index (χ3v) is 6.58. The molecule has 26 heavy (non-hydrogen) atoms. The van der Waals surface area contributed by atoms with Gasteiger partial charge in [-0.1, -0.05) is 48.9 Å². The molecule has 3 fully saturated rings. The summed E-state index contributed by atoms with van der Waals surface area (Å²) in [4.78, 5) is 0. The topological polar surface area (TPSA) is 68.5 Å². The van der Waals surface area contributed by atoms with Crippen LogP contribution in [0.15, 0.2) is 18.2 Å². The maximum Gasteiger partial charge on any atom is 1.00 e. The third kappa shape index (κ3) is 3.86. The minimum absolute atomic E-state index is 0. The molecule has 0 amide bonds. The minimum Gasteiger partial charge on any atom is -0.401 e. The van der Waals surface area contributed by atoms with Gasteiger partial charge in [-0.3, -0.25) is 11.1 Å². The molecule has 3 heterocycles. The van der Waals surface area contributed by atoms with Crippen molar-refractivity contribution in [1.29, 1.82) is 0 Å². The van der Waals surface area contributed by atoms with E-state index in [0.717, 1.165) is 24.3 Å². The van der Waals surface area contributed by atoms with Gasteiger partial charge in [0.25, 0.3) is 0 Å². The molecule has 0 aromatic heterocycles. The van der Waals surface area contributed by atoms with E-state index < -0.39 is 0 Å². The van der Waals surface area contributed by atoms with Gasteiger partial charge < -0.3 is 20.5 Å². The second-order valence-electron chi connectivity index (χ2n) is 7.29. The van der Waals surface area contributed by atoms with Crippen molar-refractivity contribution in [1.82, 2.24) is 4.72 Å². The predicted octanol–water partition coefficient (Wildman–Crippen LogP) is 0.463. The van der Waals surface area contributed by atoms with Crippen molar-refractivity contribution < 1.29 is 60.9 Å². The van der Waals surface area contributed by atoms with E-state index >= 15 is 0 Å². The van der Waals surface area contributed by atoms with Crippen molar-refractivity contribution in [2.75, 3.05) is 23.4 Å². The molecule has 2 bridgehead atoms. The third-order valence-electron chi connectivity index (χ3n) is 5.51. The number of ether oxygens (including phenoxy) is 2. The maximum atomic E-state index is 6.57. The molecule has 3 saturated heterocycles. The molecule has 0 saturated carbocycles. The van der Waals surface area contributed by atoms with Crippen LogP contribution < -0.4 is 67.2 Å². The van der Waals surface area contributed by atoms with Gasteiger partial charge >= 0.3 is 51.4 Å². The Morgan fingerprint density at radius 2 is 2.27 bits per heavy atom. The number of nitrogens with one attached hydrogen (secondary N) is 2. The Labute approximate surface area is 207 Å². The van der Waals surface area contributed by atoms with E-state index in [2.05, 4.69) is 30.3 Å². The first-order valence-corrected chi connectivity index (χ1v) is 10.2. The fraction of sp³-hybridized carbons (Fsp3) is 0.611. The summed E-state index contributed by atoms with van der Waals surface area (Å²) in [6, 6.07) is 5.93. The van der Waals surface area contributed by atoms with E-state index in [9.17, 15) is 0 Å². The zero-order valence-corrected chi connectivity index (χ0v) is 20.2. The molecule has 1 aromatic rings. The van der Waals surface area contributed by atoms with Gasteiger partial charge in [0.1, 0.15) is 6.23 Å². The summed E-state index contributed by atoms with van der Waals surface area (Å²) in [5.74, 6) is 1.23. The Kier molecular flexibility index (Phi) is 6.99. The second-order valence-corrected chi connectivity index (χ2v) is 8.80. The van der Waals surface area contributed by atoms with Crippen LogP contribution >= 0.6 is 23.5 Å². The zero-order valence-electron chi connectivity index (χ0n) is 15.5. The van der Waals surface area contributed by atoms with Gasteiger partial charge in [-0.2, -0.15) is 0 Å². The summed E-state index contributed by atoms with van der Waals surface area (Å²) >= 11 is 7.92. The maximum absolute atomic E-state index is 6.57. The number of anilines is 2. The number of halogens is 1. The van der Waals surface area contributed by atoms with E-state index in [0.29, 0.717) is 23.4 Å². The molecule has 3 aliphatic heterocycles. The zero-order chi connectivity index (χ0) is 17.7. The van der Waals surface area contributed by atoms with Crippen LogP contribution in [0.4, 0.5) is 11.4 Å². The predicted molar refractivity (Wildman–Crippen MR) is 104 cm³/mol. The molecule has 5 nitrogen and oxygen atoms in total. The van der Waals surface area contributed by atoms with Gasteiger partial charge in [0.2, 0.25) is 0 Å². The Hall–Kier alpha value is 0.976. The van der Waals surface area contributed by atoms with Gasteiger partial charge in [0.05, 0.1) is 22.9 Å². The Morgan fingerprint density at radius 3 is 3.00 bits per heavy atom. The van der Waals surface area contributed by atoms with Gasteiger partial charge in [-0.25, -0.2) is 0 Å². The smallest absolute Gasteiger partial charge is 0.401 e. The van der Waals surface area contributed by atoms with E-state index in [-0.39, 0.29) is 74.7 Å². The van der Waals surface area contributed by atoms with Crippen LogP contribution in [0, 0.1) is 12.3 Å². The normalized spacial score (nSPS) is 37.9. The van der Waals surface area contributed by atoms with Crippen molar-refractivity contribution in [3.63, 3.8) is 0 Å². The van der Waals surface area contributed by atoms with Gasteiger partial charge in [0.15, 0.2) is 0 Å². The molecule has 4 rings (SSSR count). The molecule has 0 aliphatic carbocycles. The van der Waals surface area contributed by atoms with Crippen LogP contribution in [0.5, 0.6) is 0 Å². The summed E-state index contributed by atoms with van der Waals surface area (Å²) < 4.78 is 16.3. The van der Waals surface area contributed by atoms with Crippen LogP contribution in [0.25, 0.3) is 0 Å².